The molecular weight excluding hydrogens is 417 g/mol. The Bertz CT molecular complexity index is 670. The van der Waals surface area contributed by atoms with E-state index in [0.717, 1.165) is 38.8 Å². The predicted octanol–water partition coefficient (Wildman–Crippen LogP) is 5.04. The molecule has 1 unspecified atom stereocenters. The molecule has 0 spiro atoms. The van der Waals surface area contributed by atoms with E-state index in [4.69, 9.17) is 22.1 Å². The van der Waals surface area contributed by atoms with E-state index >= 15 is 0 Å². The van der Waals surface area contributed by atoms with Crippen molar-refractivity contribution >= 4 is 43.5 Å². The van der Waals surface area contributed by atoms with Crippen LogP contribution in [0.3, 0.4) is 0 Å². The first-order valence-corrected chi connectivity index (χ1v) is 8.65. The Morgan fingerprint density at radius 3 is 2.67 bits per heavy atom. The lowest BCUT2D eigenvalue weighted by Crippen LogP contribution is -2.14. The SMILES string of the molecule is NC(Cc1cc(Br)cc2c1OCC2)c1cc(Cl)cc(Br)c1. The molecule has 110 valence electrons. The highest BCUT2D eigenvalue weighted by Gasteiger charge is 2.19. The van der Waals surface area contributed by atoms with Crippen LogP contribution in [0.1, 0.15) is 22.7 Å². The Labute approximate surface area is 145 Å². The molecule has 0 radical (unpaired) electrons. The minimum atomic E-state index is -0.123. The zero-order valence-electron chi connectivity index (χ0n) is 11.2. The van der Waals surface area contributed by atoms with Gasteiger partial charge in [0.1, 0.15) is 5.75 Å². The Hall–Kier alpha value is -0.550. The van der Waals surface area contributed by atoms with E-state index in [9.17, 15) is 0 Å². The van der Waals surface area contributed by atoms with Gasteiger partial charge in [-0.05, 0) is 53.4 Å². The molecule has 0 aliphatic carbocycles. The summed E-state index contributed by atoms with van der Waals surface area (Å²) < 4.78 is 7.77. The van der Waals surface area contributed by atoms with Crippen molar-refractivity contribution in [3.05, 3.63) is 61.0 Å². The van der Waals surface area contributed by atoms with Crippen molar-refractivity contribution in [2.24, 2.45) is 5.73 Å². The summed E-state index contributed by atoms with van der Waals surface area (Å²) in [6.07, 6.45) is 1.67. The molecule has 5 heteroatoms. The summed E-state index contributed by atoms with van der Waals surface area (Å²) in [6, 6.07) is 9.86. The molecule has 0 aromatic heterocycles. The number of benzene rings is 2. The molecule has 0 bridgehead atoms. The van der Waals surface area contributed by atoms with Crippen LogP contribution in [0.4, 0.5) is 0 Å². The smallest absolute Gasteiger partial charge is 0.125 e. The lowest BCUT2D eigenvalue weighted by molar-refractivity contribution is 0.352. The van der Waals surface area contributed by atoms with E-state index in [1.54, 1.807) is 0 Å². The average Bonchev–Trinajstić information content (AvgIpc) is 2.85. The van der Waals surface area contributed by atoms with Gasteiger partial charge in [0.15, 0.2) is 0 Å². The molecule has 1 heterocycles. The lowest BCUT2D eigenvalue weighted by Gasteiger charge is -2.16. The highest BCUT2D eigenvalue weighted by Crippen LogP contribution is 2.35. The van der Waals surface area contributed by atoms with Gasteiger partial charge in [0.05, 0.1) is 6.61 Å². The van der Waals surface area contributed by atoms with Crippen molar-refractivity contribution in [3.63, 3.8) is 0 Å². The van der Waals surface area contributed by atoms with Crippen LogP contribution in [0.25, 0.3) is 0 Å². The maximum Gasteiger partial charge on any atom is 0.125 e. The maximum absolute atomic E-state index is 6.36. The number of fused-ring (bicyclic) bond motifs is 1. The van der Waals surface area contributed by atoms with Gasteiger partial charge < -0.3 is 10.5 Å². The number of hydrogen-bond acceptors (Lipinski definition) is 2. The van der Waals surface area contributed by atoms with Gasteiger partial charge in [-0.3, -0.25) is 0 Å². The van der Waals surface area contributed by atoms with Crippen LogP contribution >= 0.6 is 43.5 Å². The first kappa shape index (κ1) is 15.3. The maximum atomic E-state index is 6.36. The van der Waals surface area contributed by atoms with Crippen molar-refractivity contribution in [1.29, 1.82) is 0 Å². The quantitative estimate of drug-likeness (QED) is 0.739. The first-order valence-electron chi connectivity index (χ1n) is 6.68. The van der Waals surface area contributed by atoms with Crippen molar-refractivity contribution in [2.45, 2.75) is 18.9 Å². The second-order valence-corrected chi connectivity index (χ2v) is 7.43. The van der Waals surface area contributed by atoms with Crippen LogP contribution in [0.5, 0.6) is 5.75 Å². The van der Waals surface area contributed by atoms with Crippen LogP contribution < -0.4 is 10.5 Å². The van der Waals surface area contributed by atoms with Crippen LogP contribution in [0, 0.1) is 0 Å². The molecule has 21 heavy (non-hydrogen) atoms. The molecule has 1 aliphatic heterocycles. The summed E-state index contributed by atoms with van der Waals surface area (Å²) >= 11 is 13.1. The van der Waals surface area contributed by atoms with E-state index < -0.39 is 0 Å². The van der Waals surface area contributed by atoms with E-state index in [1.807, 2.05) is 18.2 Å². The summed E-state index contributed by atoms with van der Waals surface area (Å²) in [6.45, 7) is 0.747. The molecule has 1 aliphatic rings. The van der Waals surface area contributed by atoms with Gasteiger partial charge >= 0.3 is 0 Å². The normalized spacial score (nSPS) is 14.7. The monoisotopic (exact) mass is 429 g/mol. The third-order valence-electron chi connectivity index (χ3n) is 3.58. The van der Waals surface area contributed by atoms with Gasteiger partial charge in [-0.15, -0.1) is 0 Å². The first-order chi connectivity index (χ1) is 10.0. The fraction of sp³-hybridized carbons (Fsp3) is 0.250. The summed E-state index contributed by atoms with van der Waals surface area (Å²) in [5.41, 5.74) is 9.76. The minimum Gasteiger partial charge on any atom is -0.493 e. The molecule has 2 nitrogen and oxygen atoms in total. The Balaban J connectivity index is 1.90. The summed E-state index contributed by atoms with van der Waals surface area (Å²) in [5.74, 6) is 0.995. The Morgan fingerprint density at radius 1 is 1.14 bits per heavy atom. The van der Waals surface area contributed by atoms with Gasteiger partial charge in [0, 0.05) is 26.4 Å². The molecule has 0 saturated heterocycles. The van der Waals surface area contributed by atoms with Crippen LogP contribution in [0.15, 0.2) is 39.3 Å². The highest BCUT2D eigenvalue weighted by atomic mass is 79.9. The molecular formula is C16H14Br2ClNO. The number of hydrogen-bond donors (Lipinski definition) is 1. The summed E-state index contributed by atoms with van der Waals surface area (Å²) in [4.78, 5) is 0. The van der Waals surface area contributed by atoms with Crippen molar-refractivity contribution in [3.8, 4) is 5.75 Å². The molecule has 2 aromatic rings. The third kappa shape index (κ3) is 3.45. The van der Waals surface area contributed by atoms with Crippen molar-refractivity contribution in [1.82, 2.24) is 0 Å². The van der Waals surface area contributed by atoms with Crippen molar-refractivity contribution < 1.29 is 4.74 Å². The van der Waals surface area contributed by atoms with Crippen LogP contribution in [-0.4, -0.2) is 6.61 Å². The Morgan fingerprint density at radius 2 is 1.90 bits per heavy atom. The molecule has 1 atom stereocenters. The predicted molar refractivity (Wildman–Crippen MR) is 93.1 cm³/mol. The number of halogens is 3. The van der Waals surface area contributed by atoms with E-state index in [1.165, 1.54) is 5.56 Å². The molecule has 0 fully saturated rings. The van der Waals surface area contributed by atoms with Gasteiger partial charge in [0.2, 0.25) is 0 Å². The number of nitrogens with two attached hydrogens (primary N) is 1. The average molecular weight is 432 g/mol. The zero-order chi connectivity index (χ0) is 15.0. The number of rotatable bonds is 3. The largest absolute Gasteiger partial charge is 0.493 e. The molecule has 0 saturated carbocycles. The minimum absolute atomic E-state index is 0.123. The summed E-state index contributed by atoms with van der Waals surface area (Å²) in [5, 5.41) is 0.686. The van der Waals surface area contributed by atoms with Gasteiger partial charge in [-0.2, -0.15) is 0 Å². The van der Waals surface area contributed by atoms with E-state index in [-0.39, 0.29) is 6.04 Å². The zero-order valence-corrected chi connectivity index (χ0v) is 15.1. The van der Waals surface area contributed by atoms with Crippen molar-refractivity contribution in [2.75, 3.05) is 6.61 Å². The fourth-order valence-electron chi connectivity index (χ4n) is 2.64. The Kier molecular flexibility index (Phi) is 4.60. The van der Waals surface area contributed by atoms with Gasteiger partial charge in [-0.25, -0.2) is 0 Å². The van der Waals surface area contributed by atoms with Gasteiger partial charge in [-0.1, -0.05) is 43.5 Å². The third-order valence-corrected chi connectivity index (χ3v) is 4.71. The second kappa shape index (κ2) is 6.29. The number of ether oxygens (including phenoxy) is 1. The molecule has 2 N–H and O–H groups in total. The van der Waals surface area contributed by atoms with E-state index in [2.05, 4.69) is 44.0 Å². The standard InChI is InChI=1S/C16H14Br2ClNO/c17-12-3-9-1-2-21-16(9)11(5-12)7-15(20)10-4-13(18)8-14(19)6-10/h3-6,8,15H,1-2,7,20H2. The van der Waals surface area contributed by atoms with Crippen LogP contribution in [-0.2, 0) is 12.8 Å². The van der Waals surface area contributed by atoms with E-state index in [0.29, 0.717) is 11.4 Å². The fourth-order valence-corrected chi connectivity index (χ4v) is 4.08. The topological polar surface area (TPSA) is 35.2 Å². The molecule has 2 aromatic carbocycles. The molecule has 0 amide bonds. The summed E-state index contributed by atoms with van der Waals surface area (Å²) in [7, 11) is 0. The van der Waals surface area contributed by atoms with Crippen LogP contribution in [0.2, 0.25) is 5.02 Å². The lowest BCUT2D eigenvalue weighted by atomic mass is 9.97. The molecule has 3 rings (SSSR count). The van der Waals surface area contributed by atoms with Gasteiger partial charge in [0.25, 0.3) is 0 Å². The highest BCUT2D eigenvalue weighted by molar-refractivity contribution is 9.10. The second-order valence-electron chi connectivity index (χ2n) is 5.17.